The van der Waals surface area contributed by atoms with Gasteiger partial charge in [-0.2, -0.15) is 0 Å². The highest BCUT2D eigenvalue weighted by molar-refractivity contribution is 5.94. The molecule has 2 aliphatic rings. The van der Waals surface area contributed by atoms with Crippen LogP contribution in [0.1, 0.15) is 42.5 Å². The number of nitrogens with zero attached hydrogens (tertiary/aromatic N) is 2. The predicted molar refractivity (Wildman–Crippen MR) is 86.2 cm³/mol. The number of ether oxygens (including phenoxy) is 2. The average Bonchev–Trinajstić information content (AvgIpc) is 3.26. The van der Waals surface area contributed by atoms with Crippen LogP contribution in [0.3, 0.4) is 0 Å². The predicted octanol–water partition coefficient (Wildman–Crippen LogP) is 2.27. The molecule has 3 rings (SSSR count). The van der Waals surface area contributed by atoms with Crippen molar-refractivity contribution in [2.24, 2.45) is 0 Å². The van der Waals surface area contributed by atoms with E-state index in [1.165, 1.54) is 0 Å². The first-order valence-corrected chi connectivity index (χ1v) is 8.23. The molecule has 5 nitrogen and oxygen atoms in total. The van der Waals surface area contributed by atoms with Gasteiger partial charge in [0.2, 0.25) is 5.88 Å². The first kappa shape index (κ1) is 15.8. The van der Waals surface area contributed by atoms with Crippen LogP contribution >= 0.6 is 0 Å². The summed E-state index contributed by atoms with van der Waals surface area (Å²) in [7, 11) is 0. The Balaban J connectivity index is 1.73. The third kappa shape index (κ3) is 3.83. The molecule has 2 fully saturated rings. The molecule has 1 saturated carbocycles. The van der Waals surface area contributed by atoms with Crippen LogP contribution in [0.2, 0.25) is 0 Å². The van der Waals surface area contributed by atoms with Crippen molar-refractivity contribution < 1.29 is 14.3 Å². The molecule has 5 heteroatoms. The Hall–Kier alpha value is -2.06. The van der Waals surface area contributed by atoms with Crippen LogP contribution in [0.4, 0.5) is 0 Å². The van der Waals surface area contributed by atoms with Crippen LogP contribution in [0.5, 0.6) is 5.88 Å². The Morgan fingerprint density at radius 1 is 1.43 bits per heavy atom. The molecule has 0 spiro atoms. The van der Waals surface area contributed by atoms with Crippen molar-refractivity contribution in [3.63, 3.8) is 0 Å². The lowest BCUT2D eigenvalue weighted by Gasteiger charge is -2.27. The van der Waals surface area contributed by atoms with Crippen molar-refractivity contribution in [2.45, 2.75) is 44.2 Å². The van der Waals surface area contributed by atoms with Crippen molar-refractivity contribution in [3.05, 3.63) is 23.9 Å². The van der Waals surface area contributed by atoms with Crippen LogP contribution in [-0.4, -0.2) is 47.7 Å². The molecule has 2 heterocycles. The second-order valence-electron chi connectivity index (χ2n) is 6.06. The SMILES string of the molecule is C#CCN(C(=O)c1ccnc(OC2CCOC2)c1)C1CCCC1. The summed E-state index contributed by atoms with van der Waals surface area (Å²) in [5, 5.41) is 0. The normalized spacial score (nSPS) is 21.1. The molecule has 1 atom stereocenters. The minimum atomic E-state index is -0.0372. The summed E-state index contributed by atoms with van der Waals surface area (Å²) < 4.78 is 11.1. The lowest BCUT2D eigenvalue weighted by atomic mass is 10.1. The molecule has 1 aromatic heterocycles. The maximum absolute atomic E-state index is 12.8. The van der Waals surface area contributed by atoms with Crippen LogP contribution < -0.4 is 4.74 Å². The first-order valence-electron chi connectivity index (χ1n) is 8.23. The lowest BCUT2D eigenvalue weighted by Crippen LogP contribution is -2.39. The van der Waals surface area contributed by atoms with E-state index in [9.17, 15) is 4.79 Å². The second kappa shape index (κ2) is 7.47. The highest BCUT2D eigenvalue weighted by Crippen LogP contribution is 2.25. The molecule has 1 aliphatic carbocycles. The van der Waals surface area contributed by atoms with E-state index in [1.54, 1.807) is 18.3 Å². The maximum atomic E-state index is 12.8. The molecule has 0 N–H and O–H groups in total. The molecule has 1 amide bonds. The quantitative estimate of drug-likeness (QED) is 0.782. The summed E-state index contributed by atoms with van der Waals surface area (Å²) in [4.78, 5) is 18.8. The topological polar surface area (TPSA) is 51.7 Å². The monoisotopic (exact) mass is 314 g/mol. The van der Waals surface area contributed by atoms with Gasteiger partial charge in [0.15, 0.2) is 0 Å². The van der Waals surface area contributed by atoms with Crippen LogP contribution in [0.15, 0.2) is 18.3 Å². The fraction of sp³-hybridized carbons (Fsp3) is 0.556. The van der Waals surface area contributed by atoms with Gasteiger partial charge in [-0.05, 0) is 18.9 Å². The van der Waals surface area contributed by atoms with Gasteiger partial charge in [0, 0.05) is 30.3 Å². The first-order chi connectivity index (χ1) is 11.3. The Kier molecular flexibility index (Phi) is 5.14. The van der Waals surface area contributed by atoms with Crippen molar-refractivity contribution in [1.82, 2.24) is 9.88 Å². The van der Waals surface area contributed by atoms with E-state index < -0.39 is 0 Å². The van der Waals surface area contributed by atoms with Crippen LogP contribution in [0.25, 0.3) is 0 Å². The highest BCUT2D eigenvalue weighted by Gasteiger charge is 2.27. The molecule has 122 valence electrons. The van der Waals surface area contributed by atoms with Gasteiger partial charge in [-0.3, -0.25) is 4.79 Å². The molecule has 1 aromatic rings. The zero-order valence-electron chi connectivity index (χ0n) is 13.2. The molecule has 1 saturated heterocycles. The molecular formula is C18H22N2O3. The fourth-order valence-electron chi connectivity index (χ4n) is 3.23. The lowest BCUT2D eigenvalue weighted by molar-refractivity contribution is 0.0709. The second-order valence-corrected chi connectivity index (χ2v) is 6.06. The van der Waals surface area contributed by atoms with Gasteiger partial charge in [0.05, 0.1) is 19.8 Å². The zero-order valence-corrected chi connectivity index (χ0v) is 13.2. The Bertz CT molecular complexity index is 584. The minimum Gasteiger partial charge on any atom is -0.472 e. The van der Waals surface area contributed by atoms with Crippen LogP contribution in [0, 0.1) is 12.3 Å². The van der Waals surface area contributed by atoms with Gasteiger partial charge in [-0.1, -0.05) is 18.8 Å². The molecule has 0 radical (unpaired) electrons. The molecule has 1 aliphatic heterocycles. The summed E-state index contributed by atoms with van der Waals surface area (Å²) in [5.41, 5.74) is 0.580. The van der Waals surface area contributed by atoms with Gasteiger partial charge >= 0.3 is 0 Å². The smallest absolute Gasteiger partial charge is 0.255 e. The Morgan fingerprint density at radius 3 is 2.96 bits per heavy atom. The van der Waals surface area contributed by atoms with E-state index in [0.29, 0.717) is 31.2 Å². The largest absolute Gasteiger partial charge is 0.472 e. The number of rotatable bonds is 5. The number of terminal acetylenes is 1. The Morgan fingerprint density at radius 2 is 2.26 bits per heavy atom. The standard InChI is InChI=1S/C18H22N2O3/c1-2-10-20(15-5-3-4-6-15)18(21)14-7-9-19-17(12-14)23-16-8-11-22-13-16/h1,7,9,12,15-16H,3-6,8,10-11,13H2. The van der Waals surface area contributed by atoms with E-state index in [0.717, 1.165) is 32.1 Å². The third-order valence-electron chi connectivity index (χ3n) is 4.45. The molecule has 0 bridgehead atoms. The van der Waals surface area contributed by atoms with Gasteiger partial charge in [-0.15, -0.1) is 6.42 Å². The summed E-state index contributed by atoms with van der Waals surface area (Å²) in [6, 6.07) is 3.68. The van der Waals surface area contributed by atoms with Crippen LogP contribution in [-0.2, 0) is 4.74 Å². The van der Waals surface area contributed by atoms with Crippen molar-refractivity contribution in [2.75, 3.05) is 19.8 Å². The zero-order chi connectivity index (χ0) is 16.1. The van der Waals surface area contributed by atoms with Gasteiger partial charge < -0.3 is 14.4 Å². The van der Waals surface area contributed by atoms with E-state index in [4.69, 9.17) is 15.9 Å². The number of pyridine rings is 1. The number of aromatic nitrogens is 1. The maximum Gasteiger partial charge on any atom is 0.255 e. The average molecular weight is 314 g/mol. The van der Waals surface area contributed by atoms with Gasteiger partial charge in [0.1, 0.15) is 6.10 Å². The van der Waals surface area contributed by atoms with Crippen molar-refractivity contribution >= 4 is 5.91 Å². The summed E-state index contributed by atoms with van der Waals surface area (Å²) in [5.74, 6) is 3.04. The molecular weight excluding hydrogens is 292 g/mol. The highest BCUT2D eigenvalue weighted by atomic mass is 16.5. The molecule has 1 unspecified atom stereocenters. The van der Waals surface area contributed by atoms with E-state index in [-0.39, 0.29) is 18.1 Å². The van der Waals surface area contributed by atoms with E-state index >= 15 is 0 Å². The summed E-state index contributed by atoms with van der Waals surface area (Å²) >= 11 is 0. The number of amides is 1. The van der Waals surface area contributed by atoms with Crippen molar-refractivity contribution in [1.29, 1.82) is 0 Å². The minimum absolute atomic E-state index is 0.0181. The summed E-state index contributed by atoms with van der Waals surface area (Å²) in [6.07, 6.45) is 12.3. The number of hydrogen-bond donors (Lipinski definition) is 0. The third-order valence-corrected chi connectivity index (χ3v) is 4.45. The van der Waals surface area contributed by atoms with E-state index in [1.807, 2.05) is 4.90 Å². The number of hydrogen-bond acceptors (Lipinski definition) is 4. The summed E-state index contributed by atoms with van der Waals surface area (Å²) in [6.45, 7) is 1.63. The molecule has 0 aromatic carbocycles. The van der Waals surface area contributed by atoms with E-state index in [2.05, 4.69) is 10.9 Å². The van der Waals surface area contributed by atoms with Crippen molar-refractivity contribution in [3.8, 4) is 18.2 Å². The fourth-order valence-corrected chi connectivity index (χ4v) is 3.23. The van der Waals surface area contributed by atoms with Gasteiger partial charge in [0.25, 0.3) is 5.91 Å². The molecule has 23 heavy (non-hydrogen) atoms. The number of carbonyl (C=O) groups is 1. The van der Waals surface area contributed by atoms with Gasteiger partial charge in [-0.25, -0.2) is 4.98 Å². The number of carbonyl (C=O) groups excluding carboxylic acids is 1. The Labute approximate surface area is 137 Å².